The van der Waals surface area contributed by atoms with Crippen molar-refractivity contribution in [2.24, 2.45) is 0 Å². The number of carboxylic acid groups (broad SMARTS) is 4. The molecule has 0 spiro atoms. The van der Waals surface area contributed by atoms with Crippen molar-refractivity contribution in [2.45, 2.75) is 0 Å². The molecule has 8 nitrogen and oxygen atoms in total. The molecular formula is C26H14O8. The van der Waals surface area contributed by atoms with Crippen LogP contribution >= 0.6 is 0 Å². The van der Waals surface area contributed by atoms with Crippen molar-refractivity contribution in [3.8, 4) is 0 Å². The maximum absolute atomic E-state index is 12.4. The van der Waals surface area contributed by atoms with E-state index in [0.717, 1.165) is 0 Å². The summed E-state index contributed by atoms with van der Waals surface area (Å²) in [6, 6.07) is 15.1. The lowest BCUT2D eigenvalue weighted by molar-refractivity contribution is 0.0655. The maximum Gasteiger partial charge on any atom is 0.337 e. The molecule has 0 aliphatic rings. The normalized spacial score (nSPS) is 11.3. The van der Waals surface area contributed by atoms with Gasteiger partial charge in [-0.05, 0) is 55.9 Å². The summed E-state index contributed by atoms with van der Waals surface area (Å²) >= 11 is 0. The lowest BCUT2D eigenvalue weighted by atomic mass is 9.86. The Balaban J connectivity index is 2.15. The fourth-order valence-corrected chi connectivity index (χ4v) is 4.66. The van der Waals surface area contributed by atoms with Crippen LogP contribution in [0.2, 0.25) is 0 Å². The summed E-state index contributed by atoms with van der Waals surface area (Å²) in [5.41, 5.74) is -1.09. The van der Waals surface area contributed by atoms with Crippen LogP contribution in [0, 0.1) is 0 Å². The van der Waals surface area contributed by atoms with Gasteiger partial charge in [-0.3, -0.25) is 0 Å². The summed E-state index contributed by atoms with van der Waals surface area (Å²) in [4.78, 5) is 48.3. The molecule has 0 aromatic heterocycles. The molecule has 0 fully saturated rings. The Morgan fingerprint density at radius 1 is 0.471 bits per heavy atom. The molecule has 0 radical (unpaired) electrons. The zero-order chi connectivity index (χ0) is 24.3. The third kappa shape index (κ3) is 2.86. The van der Waals surface area contributed by atoms with Gasteiger partial charge in [0.05, 0.1) is 22.3 Å². The quantitative estimate of drug-likeness (QED) is 0.274. The molecule has 0 saturated heterocycles. The Hall–Kier alpha value is -4.98. The van der Waals surface area contributed by atoms with Crippen molar-refractivity contribution in [2.75, 3.05) is 0 Å². The molecule has 34 heavy (non-hydrogen) atoms. The van der Waals surface area contributed by atoms with Crippen molar-refractivity contribution >= 4 is 67.0 Å². The van der Waals surface area contributed by atoms with Gasteiger partial charge in [0, 0.05) is 5.39 Å². The minimum atomic E-state index is -1.48. The number of benzene rings is 5. The van der Waals surface area contributed by atoms with Gasteiger partial charge in [0.15, 0.2) is 0 Å². The molecule has 5 aromatic rings. The summed E-state index contributed by atoms with van der Waals surface area (Å²) in [5, 5.41) is 41.8. The number of carboxylic acids is 4. The van der Waals surface area contributed by atoms with Gasteiger partial charge >= 0.3 is 23.9 Å². The number of hydrogen-bond acceptors (Lipinski definition) is 4. The molecule has 0 aliphatic carbocycles. The average Bonchev–Trinajstić information content (AvgIpc) is 2.81. The topological polar surface area (TPSA) is 149 Å². The molecule has 0 bridgehead atoms. The highest BCUT2D eigenvalue weighted by atomic mass is 16.4. The molecule has 4 N–H and O–H groups in total. The summed E-state index contributed by atoms with van der Waals surface area (Å²) in [6.07, 6.45) is 0. The highest BCUT2D eigenvalue weighted by Gasteiger charge is 2.26. The molecule has 0 atom stereocenters. The lowest BCUT2D eigenvalue weighted by Gasteiger charge is -2.16. The zero-order valence-electron chi connectivity index (χ0n) is 17.2. The van der Waals surface area contributed by atoms with Crippen molar-refractivity contribution < 1.29 is 39.6 Å². The average molecular weight is 454 g/mol. The minimum absolute atomic E-state index is 0.0698. The first kappa shape index (κ1) is 20.9. The van der Waals surface area contributed by atoms with Crippen LogP contribution in [0.15, 0.2) is 60.7 Å². The molecule has 0 saturated carbocycles. The second-order valence-corrected chi connectivity index (χ2v) is 7.78. The fraction of sp³-hybridized carbons (Fsp3) is 0. The van der Waals surface area contributed by atoms with E-state index >= 15 is 0 Å². The van der Waals surface area contributed by atoms with Crippen LogP contribution in [0.4, 0.5) is 0 Å². The monoisotopic (exact) mass is 454 g/mol. The first-order valence-electron chi connectivity index (χ1n) is 10.0. The Morgan fingerprint density at radius 2 is 1.06 bits per heavy atom. The Morgan fingerprint density at radius 3 is 1.68 bits per heavy atom. The molecule has 5 aromatic carbocycles. The van der Waals surface area contributed by atoms with E-state index in [-0.39, 0.29) is 32.7 Å². The van der Waals surface area contributed by atoms with E-state index in [1.165, 1.54) is 30.3 Å². The van der Waals surface area contributed by atoms with Crippen molar-refractivity contribution in [3.05, 3.63) is 82.9 Å². The largest absolute Gasteiger partial charge is 0.478 e. The molecule has 0 amide bonds. The van der Waals surface area contributed by atoms with Crippen LogP contribution < -0.4 is 0 Å². The Kier molecular flexibility index (Phi) is 4.47. The van der Waals surface area contributed by atoms with Crippen molar-refractivity contribution in [3.63, 3.8) is 0 Å². The first-order chi connectivity index (χ1) is 16.2. The van der Waals surface area contributed by atoms with Crippen LogP contribution in [0.5, 0.6) is 0 Å². The summed E-state index contributed by atoms with van der Waals surface area (Å²) < 4.78 is 0. The van der Waals surface area contributed by atoms with E-state index in [9.17, 15) is 39.6 Å². The van der Waals surface area contributed by atoms with Crippen LogP contribution in [0.25, 0.3) is 43.1 Å². The third-order valence-electron chi connectivity index (χ3n) is 6.03. The molecule has 0 unspecified atom stereocenters. The number of rotatable bonds is 4. The summed E-state index contributed by atoms with van der Waals surface area (Å²) in [7, 11) is 0. The van der Waals surface area contributed by atoms with E-state index in [2.05, 4.69) is 0 Å². The van der Waals surface area contributed by atoms with Crippen molar-refractivity contribution in [1.29, 1.82) is 0 Å². The molecule has 5 rings (SSSR count). The third-order valence-corrected chi connectivity index (χ3v) is 6.03. The van der Waals surface area contributed by atoms with Crippen molar-refractivity contribution in [1.82, 2.24) is 0 Å². The number of carbonyl (C=O) groups is 4. The predicted octanol–water partition coefficient (Wildman–Crippen LogP) is 5.09. The van der Waals surface area contributed by atoms with Gasteiger partial charge in [0.25, 0.3) is 0 Å². The predicted molar refractivity (Wildman–Crippen MR) is 124 cm³/mol. The highest BCUT2D eigenvalue weighted by molar-refractivity contribution is 6.32. The molecule has 166 valence electrons. The van der Waals surface area contributed by atoms with Gasteiger partial charge in [-0.15, -0.1) is 0 Å². The molecule has 0 heterocycles. The first-order valence-corrected chi connectivity index (χ1v) is 10.0. The summed E-state index contributed by atoms with van der Waals surface area (Å²) in [6.45, 7) is 0. The summed E-state index contributed by atoms with van der Waals surface area (Å²) in [5.74, 6) is -5.40. The second kappa shape index (κ2) is 7.28. The van der Waals surface area contributed by atoms with Gasteiger partial charge in [-0.1, -0.05) is 42.5 Å². The standard InChI is InChI=1S/C26H14O8/c27-23(28)11-5-6-14-17(9-11)13-7-8-16-12-3-1-2-4-15(12)21(25(31)32)22(26(33)34)20(16)18(13)10-19(14)24(29)30/h1-10H,(H,27,28)(H,29,30)(H,31,32)(H,33,34). The van der Waals surface area contributed by atoms with E-state index < -0.39 is 35.0 Å². The molecular weight excluding hydrogens is 440 g/mol. The Bertz CT molecular complexity index is 1760. The van der Waals surface area contributed by atoms with Crippen LogP contribution in [-0.4, -0.2) is 44.3 Å². The maximum atomic E-state index is 12.4. The van der Waals surface area contributed by atoms with E-state index in [1.54, 1.807) is 30.3 Å². The van der Waals surface area contributed by atoms with E-state index in [0.29, 0.717) is 21.5 Å². The van der Waals surface area contributed by atoms with Crippen LogP contribution in [0.1, 0.15) is 41.4 Å². The smallest absolute Gasteiger partial charge is 0.337 e. The van der Waals surface area contributed by atoms with Crippen LogP contribution in [-0.2, 0) is 0 Å². The van der Waals surface area contributed by atoms with Crippen LogP contribution in [0.3, 0.4) is 0 Å². The van der Waals surface area contributed by atoms with Gasteiger partial charge < -0.3 is 20.4 Å². The SMILES string of the molecule is O=C(O)c1ccc2c(C(=O)O)cc3c(ccc4c5ccccc5c(C(=O)O)c(C(=O)O)c43)c2c1. The molecule has 0 aliphatic heterocycles. The highest BCUT2D eigenvalue weighted by Crippen LogP contribution is 2.40. The fourth-order valence-electron chi connectivity index (χ4n) is 4.66. The van der Waals surface area contributed by atoms with Gasteiger partial charge in [0.1, 0.15) is 0 Å². The minimum Gasteiger partial charge on any atom is -0.478 e. The number of aromatic carboxylic acids is 4. The Labute approximate surface area is 189 Å². The lowest BCUT2D eigenvalue weighted by Crippen LogP contribution is -2.10. The van der Waals surface area contributed by atoms with E-state index in [4.69, 9.17) is 0 Å². The van der Waals surface area contributed by atoms with E-state index in [1.807, 2.05) is 0 Å². The zero-order valence-corrected chi connectivity index (χ0v) is 17.2. The van der Waals surface area contributed by atoms with Gasteiger partial charge in [-0.25, -0.2) is 19.2 Å². The molecule has 8 heteroatoms. The van der Waals surface area contributed by atoms with Gasteiger partial charge in [-0.2, -0.15) is 0 Å². The van der Waals surface area contributed by atoms with Gasteiger partial charge in [0.2, 0.25) is 0 Å². The number of fused-ring (bicyclic) bond motifs is 7. The number of hydrogen-bond donors (Lipinski definition) is 4. The second-order valence-electron chi connectivity index (χ2n) is 7.78.